The zero-order valence-electron chi connectivity index (χ0n) is 11.9. The predicted octanol–water partition coefficient (Wildman–Crippen LogP) is 3.09. The molecule has 1 atom stereocenters. The van der Waals surface area contributed by atoms with Crippen LogP contribution >= 0.6 is 23.2 Å². The highest BCUT2D eigenvalue weighted by Crippen LogP contribution is 2.38. The van der Waals surface area contributed by atoms with Crippen LogP contribution in [0.15, 0.2) is 12.1 Å². The number of nitrogens with zero attached hydrogens (tertiary/aromatic N) is 2. The lowest BCUT2D eigenvalue weighted by Gasteiger charge is -2.36. The fourth-order valence-corrected chi connectivity index (χ4v) is 2.56. The number of likely N-dealkylation sites (N-methyl/N-ethyl adjacent to an activating group) is 1. The van der Waals surface area contributed by atoms with E-state index in [1.54, 1.807) is 17.0 Å². The lowest BCUT2D eigenvalue weighted by Crippen LogP contribution is -2.49. The molecule has 20 heavy (non-hydrogen) atoms. The number of hydrogen-bond donors (Lipinski definition) is 1. The molecule has 0 saturated heterocycles. The highest BCUT2D eigenvalue weighted by molar-refractivity contribution is 6.42. The SMILES string of the molecule is CCC1Nc2cc(Cl)c(Cl)cc2N(CCN(C)C)C1=O. The van der Waals surface area contributed by atoms with E-state index in [0.717, 1.165) is 24.3 Å². The van der Waals surface area contributed by atoms with Gasteiger partial charge in [-0.25, -0.2) is 0 Å². The molecule has 0 aromatic heterocycles. The third-order valence-electron chi connectivity index (χ3n) is 3.40. The van der Waals surface area contributed by atoms with Crippen molar-refractivity contribution in [3.8, 4) is 0 Å². The zero-order valence-corrected chi connectivity index (χ0v) is 13.4. The molecular weight excluding hydrogens is 297 g/mol. The minimum Gasteiger partial charge on any atom is -0.372 e. The third-order valence-corrected chi connectivity index (χ3v) is 4.12. The Labute approximate surface area is 129 Å². The Morgan fingerprint density at radius 3 is 2.55 bits per heavy atom. The number of benzene rings is 1. The average Bonchev–Trinajstić information content (AvgIpc) is 2.39. The van der Waals surface area contributed by atoms with Crippen LogP contribution in [0.3, 0.4) is 0 Å². The van der Waals surface area contributed by atoms with Gasteiger partial charge in [0.15, 0.2) is 0 Å². The van der Waals surface area contributed by atoms with Crippen molar-refractivity contribution in [2.24, 2.45) is 0 Å². The molecule has 0 fully saturated rings. The van der Waals surface area contributed by atoms with Crippen LogP contribution in [0.2, 0.25) is 10.0 Å². The Kier molecular flexibility index (Phi) is 4.78. The standard InChI is InChI=1S/C14H19Cl2N3O/c1-4-11-14(20)19(6-5-18(2)3)13-8-10(16)9(15)7-12(13)17-11/h7-8,11,17H,4-6H2,1-3H3. The molecular formula is C14H19Cl2N3O. The number of halogens is 2. The van der Waals surface area contributed by atoms with E-state index in [1.807, 2.05) is 25.9 Å². The van der Waals surface area contributed by atoms with Crippen LogP contribution in [0.4, 0.5) is 11.4 Å². The van der Waals surface area contributed by atoms with Gasteiger partial charge in [0.2, 0.25) is 5.91 Å². The first kappa shape index (κ1) is 15.4. The Balaban J connectivity index is 2.38. The zero-order chi connectivity index (χ0) is 14.9. The second kappa shape index (κ2) is 6.20. The third kappa shape index (κ3) is 3.03. The number of carbonyl (C=O) groups is 1. The van der Waals surface area contributed by atoms with Crippen molar-refractivity contribution < 1.29 is 4.79 Å². The van der Waals surface area contributed by atoms with Crippen molar-refractivity contribution in [3.63, 3.8) is 0 Å². The fourth-order valence-electron chi connectivity index (χ4n) is 2.24. The average molecular weight is 316 g/mol. The highest BCUT2D eigenvalue weighted by atomic mass is 35.5. The van der Waals surface area contributed by atoms with Crippen molar-refractivity contribution >= 4 is 40.5 Å². The number of fused-ring (bicyclic) bond motifs is 1. The predicted molar refractivity (Wildman–Crippen MR) is 85.1 cm³/mol. The maximum Gasteiger partial charge on any atom is 0.249 e. The summed E-state index contributed by atoms with van der Waals surface area (Å²) in [5, 5.41) is 4.19. The van der Waals surface area contributed by atoms with E-state index in [1.165, 1.54) is 0 Å². The van der Waals surface area contributed by atoms with Gasteiger partial charge < -0.3 is 15.1 Å². The van der Waals surface area contributed by atoms with Crippen LogP contribution in [-0.4, -0.2) is 44.0 Å². The first-order valence-electron chi connectivity index (χ1n) is 6.65. The van der Waals surface area contributed by atoms with Crippen molar-refractivity contribution in [3.05, 3.63) is 22.2 Å². The maximum absolute atomic E-state index is 12.5. The summed E-state index contributed by atoms with van der Waals surface area (Å²) in [5.74, 6) is 0.0836. The van der Waals surface area contributed by atoms with Gasteiger partial charge in [0.05, 0.1) is 21.4 Å². The summed E-state index contributed by atoms with van der Waals surface area (Å²) in [6.07, 6.45) is 0.733. The van der Waals surface area contributed by atoms with E-state index in [-0.39, 0.29) is 11.9 Å². The number of rotatable bonds is 4. The van der Waals surface area contributed by atoms with Gasteiger partial charge in [0.25, 0.3) is 0 Å². The van der Waals surface area contributed by atoms with Crippen molar-refractivity contribution in [2.45, 2.75) is 19.4 Å². The van der Waals surface area contributed by atoms with Gasteiger partial charge in [0, 0.05) is 13.1 Å². The van der Waals surface area contributed by atoms with E-state index < -0.39 is 0 Å². The number of hydrogen-bond acceptors (Lipinski definition) is 3. The van der Waals surface area contributed by atoms with Crippen molar-refractivity contribution in [2.75, 3.05) is 37.4 Å². The van der Waals surface area contributed by atoms with E-state index >= 15 is 0 Å². The summed E-state index contributed by atoms with van der Waals surface area (Å²) >= 11 is 12.1. The largest absolute Gasteiger partial charge is 0.372 e. The minimum atomic E-state index is -0.207. The summed E-state index contributed by atoms with van der Waals surface area (Å²) in [7, 11) is 3.97. The van der Waals surface area contributed by atoms with Crippen LogP contribution in [0.25, 0.3) is 0 Å². The van der Waals surface area contributed by atoms with E-state index in [9.17, 15) is 4.79 Å². The van der Waals surface area contributed by atoms with Gasteiger partial charge in [-0.1, -0.05) is 30.1 Å². The Hall–Kier alpha value is -0.970. The summed E-state index contributed by atoms with van der Waals surface area (Å²) in [6.45, 7) is 3.42. The molecule has 2 rings (SSSR count). The summed E-state index contributed by atoms with van der Waals surface area (Å²) in [5.41, 5.74) is 1.67. The van der Waals surface area contributed by atoms with Gasteiger partial charge in [-0.05, 0) is 32.6 Å². The molecule has 1 unspecified atom stereocenters. The van der Waals surface area contributed by atoms with Crippen LogP contribution in [-0.2, 0) is 4.79 Å². The molecule has 6 heteroatoms. The molecule has 110 valence electrons. The van der Waals surface area contributed by atoms with E-state index in [2.05, 4.69) is 5.32 Å². The molecule has 1 amide bonds. The van der Waals surface area contributed by atoms with Gasteiger partial charge in [0.1, 0.15) is 6.04 Å². The lowest BCUT2D eigenvalue weighted by atomic mass is 10.1. The number of nitrogens with one attached hydrogen (secondary N) is 1. The molecule has 0 saturated carbocycles. The van der Waals surface area contributed by atoms with Gasteiger partial charge in [-0.3, -0.25) is 4.79 Å². The number of carbonyl (C=O) groups excluding carboxylic acids is 1. The van der Waals surface area contributed by atoms with Crippen LogP contribution in [0, 0.1) is 0 Å². The molecule has 1 aliphatic rings. The highest BCUT2D eigenvalue weighted by Gasteiger charge is 2.31. The van der Waals surface area contributed by atoms with Gasteiger partial charge in [-0.2, -0.15) is 0 Å². The Morgan fingerprint density at radius 1 is 1.30 bits per heavy atom. The van der Waals surface area contributed by atoms with Gasteiger partial charge >= 0.3 is 0 Å². The summed E-state index contributed by atoms with van der Waals surface area (Å²) in [6, 6.07) is 3.34. The van der Waals surface area contributed by atoms with Gasteiger partial charge in [-0.15, -0.1) is 0 Å². The second-order valence-corrected chi connectivity index (χ2v) is 6.00. The molecule has 1 aliphatic heterocycles. The smallest absolute Gasteiger partial charge is 0.249 e. The monoisotopic (exact) mass is 315 g/mol. The molecule has 0 radical (unpaired) electrons. The maximum atomic E-state index is 12.5. The first-order valence-corrected chi connectivity index (χ1v) is 7.41. The molecule has 1 aromatic carbocycles. The fraction of sp³-hybridized carbons (Fsp3) is 0.500. The van der Waals surface area contributed by atoms with Crippen LogP contribution < -0.4 is 10.2 Å². The van der Waals surface area contributed by atoms with Crippen molar-refractivity contribution in [1.82, 2.24) is 4.90 Å². The quantitative estimate of drug-likeness (QED) is 0.927. The topological polar surface area (TPSA) is 35.6 Å². The van der Waals surface area contributed by atoms with Crippen LogP contribution in [0.5, 0.6) is 0 Å². The summed E-state index contributed by atoms with van der Waals surface area (Å²) < 4.78 is 0. The molecule has 0 bridgehead atoms. The Bertz CT molecular complexity index is 519. The molecule has 0 aliphatic carbocycles. The first-order chi connectivity index (χ1) is 9.43. The van der Waals surface area contributed by atoms with Crippen LogP contribution in [0.1, 0.15) is 13.3 Å². The van der Waals surface area contributed by atoms with Crippen molar-refractivity contribution in [1.29, 1.82) is 0 Å². The lowest BCUT2D eigenvalue weighted by molar-refractivity contribution is -0.119. The van der Waals surface area contributed by atoms with E-state index in [4.69, 9.17) is 23.2 Å². The normalized spacial score (nSPS) is 18.2. The minimum absolute atomic E-state index is 0.0836. The Morgan fingerprint density at radius 2 is 1.95 bits per heavy atom. The molecule has 1 heterocycles. The molecule has 4 nitrogen and oxygen atoms in total. The molecule has 0 spiro atoms. The number of amides is 1. The summed E-state index contributed by atoms with van der Waals surface area (Å²) in [4.78, 5) is 16.3. The number of anilines is 2. The molecule has 1 N–H and O–H groups in total. The van der Waals surface area contributed by atoms with E-state index in [0.29, 0.717) is 16.6 Å². The molecule has 1 aromatic rings. The second-order valence-electron chi connectivity index (χ2n) is 5.18.